The first kappa shape index (κ1) is 13.9. The van der Waals surface area contributed by atoms with Gasteiger partial charge in [-0.1, -0.05) is 43.9 Å². The van der Waals surface area contributed by atoms with E-state index in [2.05, 4.69) is 30.6 Å². The van der Waals surface area contributed by atoms with Crippen LogP contribution in [0.4, 0.5) is 0 Å². The molecule has 2 heteroatoms. The molecule has 0 saturated heterocycles. The lowest BCUT2D eigenvalue weighted by Crippen LogP contribution is -2.26. The maximum Gasteiger partial charge on any atom is 0.127 e. The molecule has 1 aliphatic heterocycles. The molecule has 2 aliphatic rings. The maximum absolute atomic E-state index is 6.02. The summed E-state index contributed by atoms with van der Waals surface area (Å²) in [7, 11) is 2.11. The van der Waals surface area contributed by atoms with E-state index in [0.717, 1.165) is 18.9 Å². The Labute approximate surface area is 122 Å². The molecule has 0 radical (unpaired) electrons. The molecule has 110 valence electrons. The fourth-order valence-corrected chi connectivity index (χ4v) is 3.95. The van der Waals surface area contributed by atoms with Crippen molar-refractivity contribution in [2.45, 2.75) is 57.4 Å². The number of hydrogen-bond acceptors (Lipinski definition) is 2. The van der Waals surface area contributed by atoms with Gasteiger partial charge in [-0.2, -0.15) is 0 Å². The molecule has 0 amide bonds. The summed E-state index contributed by atoms with van der Waals surface area (Å²) < 4.78 is 6.02. The third kappa shape index (κ3) is 2.85. The summed E-state index contributed by atoms with van der Waals surface area (Å²) in [5.41, 5.74) is 2.80. The second-order valence-electron chi connectivity index (χ2n) is 6.31. The number of fused-ring (bicyclic) bond motifs is 1. The molecule has 2 nitrogen and oxygen atoms in total. The van der Waals surface area contributed by atoms with Crippen molar-refractivity contribution < 1.29 is 4.74 Å². The molecule has 0 aromatic heterocycles. The first-order chi connectivity index (χ1) is 9.90. The van der Waals surface area contributed by atoms with Crippen molar-refractivity contribution in [1.29, 1.82) is 0 Å². The average Bonchev–Trinajstić information content (AvgIpc) is 2.78. The Bertz CT molecular complexity index is 435. The first-order valence-electron chi connectivity index (χ1n) is 8.32. The summed E-state index contributed by atoms with van der Waals surface area (Å²) in [4.78, 5) is 0. The van der Waals surface area contributed by atoms with Crippen LogP contribution in [-0.2, 0) is 6.42 Å². The van der Waals surface area contributed by atoms with Crippen LogP contribution < -0.4 is 10.1 Å². The van der Waals surface area contributed by atoms with Crippen LogP contribution in [0.25, 0.3) is 0 Å². The van der Waals surface area contributed by atoms with Crippen LogP contribution in [0, 0.1) is 5.92 Å². The summed E-state index contributed by atoms with van der Waals surface area (Å²) >= 11 is 0. The molecule has 20 heavy (non-hydrogen) atoms. The molecule has 1 heterocycles. The van der Waals surface area contributed by atoms with E-state index in [1.54, 1.807) is 0 Å². The van der Waals surface area contributed by atoms with Crippen molar-refractivity contribution in [2.24, 2.45) is 5.92 Å². The van der Waals surface area contributed by atoms with E-state index >= 15 is 0 Å². The molecule has 1 unspecified atom stereocenters. The molecule has 1 saturated carbocycles. The summed E-state index contributed by atoms with van der Waals surface area (Å²) in [6.07, 6.45) is 10.6. The van der Waals surface area contributed by atoms with E-state index in [-0.39, 0.29) is 0 Å². The van der Waals surface area contributed by atoms with Gasteiger partial charge in [-0.05, 0) is 44.2 Å². The van der Waals surface area contributed by atoms with E-state index in [9.17, 15) is 0 Å². The largest absolute Gasteiger partial charge is 0.493 e. The van der Waals surface area contributed by atoms with Crippen molar-refractivity contribution in [3.8, 4) is 5.75 Å². The minimum atomic E-state index is 0.459. The molecule has 3 rings (SSSR count). The second-order valence-corrected chi connectivity index (χ2v) is 6.31. The Balaban J connectivity index is 1.88. The predicted octanol–water partition coefficient (Wildman–Crippen LogP) is 4.24. The number of hydrogen-bond donors (Lipinski definition) is 1. The third-order valence-corrected chi connectivity index (χ3v) is 4.98. The van der Waals surface area contributed by atoms with Crippen LogP contribution in [0.5, 0.6) is 5.75 Å². The molecule has 1 N–H and O–H groups in total. The summed E-state index contributed by atoms with van der Waals surface area (Å²) in [5, 5.41) is 3.59. The standard InChI is InChI=1S/C18H27NO/c1-19-17(14-8-4-2-3-5-9-14)16-12-6-10-15-11-7-13-20-18(15)16/h6,10,12,14,17,19H,2-5,7-9,11,13H2,1H3. The topological polar surface area (TPSA) is 21.3 Å². The fraction of sp³-hybridized carbons (Fsp3) is 0.667. The minimum Gasteiger partial charge on any atom is -0.493 e. The van der Waals surface area contributed by atoms with E-state index in [4.69, 9.17) is 4.74 Å². The zero-order valence-corrected chi connectivity index (χ0v) is 12.7. The number of benzene rings is 1. The van der Waals surface area contributed by atoms with Crippen LogP contribution in [0.1, 0.15) is 62.1 Å². The Hall–Kier alpha value is -1.02. The van der Waals surface area contributed by atoms with Crippen LogP contribution in [0.2, 0.25) is 0 Å². The quantitative estimate of drug-likeness (QED) is 0.832. The molecule has 0 spiro atoms. The van der Waals surface area contributed by atoms with Gasteiger partial charge in [0.05, 0.1) is 6.61 Å². The van der Waals surface area contributed by atoms with E-state index < -0.39 is 0 Å². The first-order valence-corrected chi connectivity index (χ1v) is 8.32. The van der Waals surface area contributed by atoms with Gasteiger partial charge in [-0.15, -0.1) is 0 Å². The van der Waals surface area contributed by atoms with Gasteiger partial charge in [0.15, 0.2) is 0 Å². The van der Waals surface area contributed by atoms with Gasteiger partial charge in [-0.25, -0.2) is 0 Å². The second kappa shape index (κ2) is 6.62. The van der Waals surface area contributed by atoms with Gasteiger partial charge in [0.25, 0.3) is 0 Å². The third-order valence-electron chi connectivity index (χ3n) is 4.98. The number of rotatable bonds is 3. The maximum atomic E-state index is 6.02. The van der Waals surface area contributed by atoms with Gasteiger partial charge >= 0.3 is 0 Å². The summed E-state index contributed by atoms with van der Waals surface area (Å²) in [5.74, 6) is 1.95. The average molecular weight is 273 g/mol. The minimum absolute atomic E-state index is 0.459. The number of aryl methyl sites for hydroxylation is 1. The lowest BCUT2D eigenvalue weighted by Gasteiger charge is -2.30. The Morgan fingerprint density at radius 2 is 1.90 bits per heavy atom. The zero-order chi connectivity index (χ0) is 13.8. The Morgan fingerprint density at radius 3 is 2.65 bits per heavy atom. The van der Waals surface area contributed by atoms with Crippen molar-refractivity contribution in [3.63, 3.8) is 0 Å². The molecule has 0 bridgehead atoms. The normalized spacial score (nSPS) is 21.6. The zero-order valence-electron chi connectivity index (χ0n) is 12.7. The van der Waals surface area contributed by atoms with Crippen LogP contribution in [0.15, 0.2) is 18.2 Å². The lowest BCUT2D eigenvalue weighted by molar-refractivity contribution is 0.271. The summed E-state index contributed by atoms with van der Waals surface area (Å²) in [6.45, 7) is 0.880. The van der Waals surface area contributed by atoms with Gasteiger partial charge in [0.1, 0.15) is 5.75 Å². The number of para-hydroxylation sites is 1. The predicted molar refractivity (Wildman–Crippen MR) is 83.3 cm³/mol. The molecule has 1 aliphatic carbocycles. The number of ether oxygens (including phenoxy) is 1. The smallest absolute Gasteiger partial charge is 0.127 e. The van der Waals surface area contributed by atoms with E-state index in [0.29, 0.717) is 6.04 Å². The van der Waals surface area contributed by atoms with E-state index in [1.807, 2.05) is 0 Å². The van der Waals surface area contributed by atoms with Crippen molar-refractivity contribution >= 4 is 0 Å². The van der Waals surface area contributed by atoms with E-state index in [1.165, 1.54) is 61.8 Å². The lowest BCUT2D eigenvalue weighted by atomic mass is 9.85. The van der Waals surface area contributed by atoms with Crippen molar-refractivity contribution in [3.05, 3.63) is 29.3 Å². The molecular weight excluding hydrogens is 246 g/mol. The van der Waals surface area contributed by atoms with Gasteiger partial charge < -0.3 is 10.1 Å². The molecule has 1 atom stereocenters. The highest BCUT2D eigenvalue weighted by Crippen LogP contribution is 2.39. The molecule has 1 aromatic carbocycles. The van der Waals surface area contributed by atoms with Gasteiger partial charge in [-0.3, -0.25) is 0 Å². The van der Waals surface area contributed by atoms with Crippen LogP contribution in [0.3, 0.4) is 0 Å². The summed E-state index contributed by atoms with van der Waals surface area (Å²) in [6, 6.07) is 7.18. The highest BCUT2D eigenvalue weighted by Gasteiger charge is 2.27. The van der Waals surface area contributed by atoms with Crippen molar-refractivity contribution in [1.82, 2.24) is 5.32 Å². The molecule has 1 fully saturated rings. The highest BCUT2D eigenvalue weighted by molar-refractivity contribution is 5.44. The highest BCUT2D eigenvalue weighted by atomic mass is 16.5. The molecular formula is C18H27NO. The van der Waals surface area contributed by atoms with Crippen molar-refractivity contribution in [2.75, 3.05) is 13.7 Å². The Kier molecular flexibility index (Phi) is 4.62. The SMILES string of the molecule is CNC(c1cccc2c1OCCC2)C1CCCCCC1. The monoisotopic (exact) mass is 273 g/mol. The van der Waals surface area contributed by atoms with Gasteiger partial charge in [0.2, 0.25) is 0 Å². The fourth-order valence-electron chi connectivity index (χ4n) is 3.95. The Morgan fingerprint density at radius 1 is 1.10 bits per heavy atom. The number of nitrogens with one attached hydrogen (secondary N) is 1. The van der Waals surface area contributed by atoms with Crippen LogP contribution >= 0.6 is 0 Å². The van der Waals surface area contributed by atoms with Gasteiger partial charge in [0, 0.05) is 11.6 Å². The van der Waals surface area contributed by atoms with Crippen LogP contribution in [-0.4, -0.2) is 13.7 Å². The molecule has 1 aromatic rings.